The molecule has 8 nitrogen and oxygen atoms in total. The van der Waals surface area contributed by atoms with Gasteiger partial charge in [-0.3, -0.25) is 9.59 Å². The Kier molecular flexibility index (Phi) is 8.47. The summed E-state index contributed by atoms with van der Waals surface area (Å²) in [5.74, 6) is -1.97. The van der Waals surface area contributed by atoms with Gasteiger partial charge in [-0.2, -0.15) is 0 Å². The minimum atomic E-state index is -1.44. The lowest BCUT2D eigenvalue weighted by Crippen LogP contribution is -2.53. The molecule has 0 rings (SSSR count). The minimum absolute atomic E-state index is 0.132. The molecule has 8 heteroatoms. The summed E-state index contributed by atoms with van der Waals surface area (Å²) in [4.78, 5) is 34.3. The smallest absolute Gasteiger partial charge is 0.332 e. The molecule has 0 radical (unpaired) electrons. The van der Waals surface area contributed by atoms with Crippen molar-refractivity contribution in [3.8, 4) is 0 Å². The maximum Gasteiger partial charge on any atom is 0.332 e. The van der Waals surface area contributed by atoms with Crippen molar-refractivity contribution in [3.63, 3.8) is 0 Å². The van der Waals surface area contributed by atoms with Gasteiger partial charge in [0.05, 0.1) is 13.2 Å². The van der Waals surface area contributed by atoms with E-state index >= 15 is 0 Å². The Morgan fingerprint density at radius 3 is 2.42 bits per heavy atom. The number of esters is 1. The van der Waals surface area contributed by atoms with Gasteiger partial charge in [-0.15, -0.1) is 0 Å². The summed E-state index contributed by atoms with van der Waals surface area (Å²) >= 11 is 0. The molecule has 2 unspecified atom stereocenters. The van der Waals surface area contributed by atoms with Crippen molar-refractivity contribution in [1.29, 1.82) is 0 Å². The van der Waals surface area contributed by atoms with Gasteiger partial charge in [0.2, 0.25) is 11.8 Å². The van der Waals surface area contributed by atoms with Crippen LogP contribution in [0.3, 0.4) is 0 Å². The number of hydrogen-bond acceptors (Lipinski definition) is 6. The van der Waals surface area contributed by atoms with Crippen LogP contribution in [0.2, 0.25) is 0 Å². The monoisotopic (exact) mass is 275 g/mol. The van der Waals surface area contributed by atoms with E-state index in [1.165, 1.54) is 14.0 Å². The molecule has 110 valence electrons. The fourth-order valence-electron chi connectivity index (χ4n) is 1.14. The molecule has 0 saturated heterocycles. The molecule has 0 aromatic carbocycles. The van der Waals surface area contributed by atoms with Crippen LogP contribution in [0, 0.1) is 0 Å². The molecule has 2 amide bonds. The van der Waals surface area contributed by atoms with Crippen molar-refractivity contribution in [2.24, 2.45) is 5.73 Å². The van der Waals surface area contributed by atoms with Gasteiger partial charge in [0.25, 0.3) is 0 Å². The van der Waals surface area contributed by atoms with E-state index in [9.17, 15) is 14.4 Å². The second-order valence-electron chi connectivity index (χ2n) is 3.74. The number of hydrogen-bond donors (Lipinski definition) is 3. The fraction of sp³-hybridized carbons (Fsp3) is 0.727. The molecule has 0 aromatic heterocycles. The first kappa shape index (κ1) is 17.3. The third-order valence-corrected chi connectivity index (χ3v) is 2.18. The summed E-state index contributed by atoms with van der Waals surface area (Å²) in [5.41, 5.74) is 5.38. The lowest BCUT2D eigenvalue weighted by molar-refractivity contribution is -0.148. The van der Waals surface area contributed by atoms with E-state index in [1.807, 2.05) is 0 Å². The lowest BCUT2D eigenvalue weighted by atomic mass is 10.2. The van der Waals surface area contributed by atoms with Gasteiger partial charge in [-0.05, 0) is 13.8 Å². The molecule has 0 bridgehead atoms. The molecule has 0 saturated carbocycles. The first-order chi connectivity index (χ1) is 8.93. The Labute approximate surface area is 112 Å². The van der Waals surface area contributed by atoms with Gasteiger partial charge < -0.3 is 25.8 Å². The molecule has 0 heterocycles. The number of ether oxygens (including phenoxy) is 2. The molecule has 19 heavy (non-hydrogen) atoms. The number of rotatable bonds is 8. The minimum Gasteiger partial charge on any atom is -0.464 e. The van der Waals surface area contributed by atoms with E-state index < -0.39 is 24.0 Å². The number of carbonyl (C=O) groups excluding carboxylic acids is 3. The Hall–Kier alpha value is -1.67. The predicted octanol–water partition coefficient (Wildman–Crippen LogP) is -1.86. The highest BCUT2D eigenvalue weighted by Crippen LogP contribution is 1.89. The molecular formula is C11H21N3O5. The highest BCUT2D eigenvalue weighted by Gasteiger charge is 2.26. The van der Waals surface area contributed by atoms with Crippen LogP contribution in [0.5, 0.6) is 0 Å². The van der Waals surface area contributed by atoms with Crippen molar-refractivity contribution >= 4 is 17.8 Å². The number of carbonyl (C=O) groups is 3. The average Bonchev–Trinajstić information content (AvgIpc) is 2.37. The summed E-state index contributed by atoms with van der Waals surface area (Å²) in [5, 5.41) is 4.87. The SMILES string of the molecule is CCOC(=O)C(N)C(=O)NC(C)C(=O)NCCOC. The zero-order valence-corrected chi connectivity index (χ0v) is 11.4. The highest BCUT2D eigenvalue weighted by atomic mass is 16.5. The molecule has 0 aromatic rings. The van der Waals surface area contributed by atoms with Crippen LogP contribution in [0.15, 0.2) is 0 Å². The summed E-state index contributed by atoms with van der Waals surface area (Å²) in [6.45, 7) is 3.92. The van der Waals surface area contributed by atoms with Crippen LogP contribution in [-0.2, 0) is 23.9 Å². The number of nitrogens with two attached hydrogens (primary N) is 1. The molecule has 0 spiro atoms. The molecule has 2 atom stereocenters. The van der Waals surface area contributed by atoms with Crippen LogP contribution >= 0.6 is 0 Å². The first-order valence-electron chi connectivity index (χ1n) is 5.93. The van der Waals surface area contributed by atoms with Gasteiger partial charge in [-0.1, -0.05) is 0 Å². The Balaban J connectivity index is 4.16. The fourth-order valence-corrected chi connectivity index (χ4v) is 1.14. The van der Waals surface area contributed by atoms with Gasteiger partial charge in [0.1, 0.15) is 6.04 Å². The van der Waals surface area contributed by atoms with Gasteiger partial charge in [0, 0.05) is 13.7 Å². The molecule has 0 aliphatic rings. The molecule has 0 fully saturated rings. The van der Waals surface area contributed by atoms with E-state index in [1.54, 1.807) is 6.92 Å². The van der Waals surface area contributed by atoms with Crippen LogP contribution in [0.25, 0.3) is 0 Å². The summed E-state index contributed by atoms with van der Waals surface area (Å²) < 4.78 is 9.37. The number of amides is 2. The Morgan fingerprint density at radius 1 is 1.26 bits per heavy atom. The van der Waals surface area contributed by atoms with Gasteiger partial charge in [0.15, 0.2) is 6.04 Å². The quantitative estimate of drug-likeness (QED) is 0.271. The van der Waals surface area contributed by atoms with Crippen LogP contribution in [0.1, 0.15) is 13.8 Å². The van der Waals surface area contributed by atoms with E-state index in [-0.39, 0.29) is 12.5 Å². The van der Waals surface area contributed by atoms with Crippen LogP contribution in [-0.4, -0.2) is 56.7 Å². The summed E-state index contributed by atoms with van der Waals surface area (Å²) in [6, 6.07) is -2.24. The Morgan fingerprint density at radius 2 is 1.89 bits per heavy atom. The van der Waals surface area contributed by atoms with E-state index in [0.717, 1.165) is 0 Å². The summed E-state index contributed by atoms with van der Waals surface area (Å²) in [6.07, 6.45) is 0. The van der Waals surface area contributed by atoms with Gasteiger partial charge >= 0.3 is 5.97 Å². The number of nitrogens with one attached hydrogen (secondary N) is 2. The maximum absolute atomic E-state index is 11.6. The van der Waals surface area contributed by atoms with Crippen molar-refractivity contribution < 1.29 is 23.9 Å². The highest BCUT2D eigenvalue weighted by molar-refractivity contribution is 6.03. The van der Waals surface area contributed by atoms with E-state index in [4.69, 9.17) is 10.5 Å². The van der Waals surface area contributed by atoms with Crippen molar-refractivity contribution in [2.75, 3.05) is 26.9 Å². The number of methoxy groups -OCH3 is 1. The predicted molar refractivity (Wildman–Crippen MR) is 67.1 cm³/mol. The topological polar surface area (TPSA) is 120 Å². The second-order valence-corrected chi connectivity index (χ2v) is 3.74. The first-order valence-corrected chi connectivity index (χ1v) is 5.93. The van der Waals surface area contributed by atoms with Gasteiger partial charge in [-0.25, -0.2) is 4.79 Å². The molecule has 0 aliphatic heterocycles. The van der Waals surface area contributed by atoms with Crippen LogP contribution < -0.4 is 16.4 Å². The zero-order valence-electron chi connectivity index (χ0n) is 11.4. The molecular weight excluding hydrogens is 254 g/mol. The largest absolute Gasteiger partial charge is 0.464 e. The maximum atomic E-state index is 11.6. The standard InChI is InChI=1S/C11H21N3O5/c1-4-19-11(17)8(12)10(16)14-7(2)9(15)13-5-6-18-3/h7-8H,4-6,12H2,1-3H3,(H,13,15)(H,14,16). The van der Waals surface area contributed by atoms with E-state index in [0.29, 0.717) is 13.2 Å². The molecule has 0 aliphatic carbocycles. The van der Waals surface area contributed by atoms with Crippen molar-refractivity contribution in [2.45, 2.75) is 25.9 Å². The van der Waals surface area contributed by atoms with Crippen LogP contribution in [0.4, 0.5) is 0 Å². The second kappa shape index (κ2) is 9.29. The third kappa shape index (κ3) is 6.73. The average molecular weight is 275 g/mol. The van der Waals surface area contributed by atoms with E-state index in [2.05, 4.69) is 15.4 Å². The lowest BCUT2D eigenvalue weighted by Gasteiger charge is -2.16. The van der Waals surface area contributed by atoms with Crippen molar-refractivity contribution in [3.05, 3.63) is 0 Å². The summed E-state index contributed by atoms with van der Waals surface area (Å²) in [7, 11) is 1.51. The normalized spacial score (nSPS) is 13.3. The zero-order chi connectivity index (χ0) is 14.8. The Bertz CT molecular complexity index is 321. The van der Waals surface area contributed by atoms with Crippen molar-refractivity contribution in [1.82, 2.24) is 10.6 Å². The molecule has 4 N–H and O–H groups in total. The third-order valence-electron chi connectivity index (χ3n) is 2.18.